The Bertz CT molecular complexity index is 740. The van der Waals surface area contributed by atoms with E-state index in [0.717, 1.165) is 6.07 Å². The fraction of sp³-hybridized carbons (Fsp3) is 0. The van der Waals surface area contributed by atoms with Crippen LogP contribution in [0, 0.1) is 10.1 Å². The second-order valence-electron chi connectivity index (χ2n) is 3.86. The van der Waals surface area contributed by atoms with Crippen LogP contribution in [0.4, 0.5) is 11.4 Å². The maximum atomic E-state index is 12.2. The highest BCUT2D eigenvalue weighted by molar-refractivity contribution is 9.10. The molecule has 1 aromatic carbocycles. The van der Waals surface area contributed by atoms with Crippen molar-refractivity contribution in [2.45, 2.75) is 0 Å². The van der Waals surface area contributed by atoms with Gasteiger partial charge in [-0.2, -0.15) is 0 Å². The number of anilines is 1. The summed E-state index contributed by atoms with van der Waals surface area (Å²) in [5.41, 5.74) is -0.287. The van der Waals surface area contributed by atoms with Crippen LogP contribution in [0.15, 0.2) is 34.9 Å². The summed E-state index contributed by atoms with van der Waals surface area (Å²) in [6.07, 6.45) is 1.46. The summed E-state index contributed by atoms with van der Waals surface area (Å²) in [5.74, 6) is -0.703. The number of nitrogens with zero attached hydrogens (tertiary/aromatic N) is 2. The van der Waals surface area contributed by atoms with Gasteiger partial charge in [-0.25, -0.2) is 4.98 Å². The molecule has 108 valence electrons. The average molecular weight is 391 g/mol. The number of hydrogen-bond acceptors (Lipinski definition) is 4. The zero-order valence-corrected chi connectivity index (χ0v) is 13.2. The molecule has 2 aromatic rings. The Morgan fingerprint density at radius 1 is 1.33 bits per heavy atom. The molecule has 0 aliphatic carbocycles. The predicted molar refractivity (Wildman–Crippen MR) is 83.0 cm³/mol. The van der Waals surface area contributed by atoms with Crippen molar-refractivity contribution in [1.29, 1.82) is 0 Å². The quantitative estimate of drug-likeness (QED) is 0.480. The zero-order chi connectivity index (χ0) is 15.6. The van der Waals surface area contributed by atoms with Gasteiger partial charge in [0.2, 0.25) is 0 Å². The lowest BCUT2D eigenvalue weighted by Crippen LogP contribution is -2.14. The van der Waals surface area contributed by atoms with Gasteiger partial charge < -0.3 is 5.32 Å². The number of benzene rings is 1. The number of halogens is 3. The lowest BCUT2D eigenvalue weighted by Gasteiger charge is -2.07. The van der Waals surface area contributed by atoms with Crippen LogP contribution in [0.1, 0.15) is 10.4 Å². The van der Waals surface area contributed by atoms with E-state index in [1.54, 1.807) is 0 Å². The molecule has 1 heterocycles. The fourth-order valence-electron chi connectivity index (χ4n) is 1.55. The molecule has 0 spiro atoms. The minimum absolute atomic E-state index is 0.0660. The molecule has 0 atom stereocenters. The highest BCUT2D eigenvalue weighted by Gasteiger charge is 2.21. The van der Waals surface area contributed by atoms with E-state index in [1.807, 2.05) is 0 Å². The third-order valence-electron chi connectivity index (χ3n) is 2.45. The molecule has 0 fully saturated rings. The number of carbonyl (C=O) groups excluding carboxylic acids is 1. The number of nitro groups is 1. The van der Waals surface area contributed by atoms with E-state index < -0.39 is 10.8 Å². The molecule has 0 bridgehead atoms. The van der Waals surface area contributed by atoms with Crippen LogP contribution in [0.5, 0.6) is 0 Å². The van der Waals surface area contributed by atoms with E-state index >= 15 is 0 Å². The van der Waals surface area contributed by atoms with E-state index in [1.165, 1.54) is 24.4 Å². The molecule has 0 saturated heterocycles. The lowest BCUT2D eigenvalue weighted by atomic mass is 10.1. The number of rotatable bonds is 3. The van der Waals surface area contributed by atoms with Crippen molar-refractivity contribution in [2.24, 2.45) is 0 Å². The zero-order valence-electron chi connectivity index (χ0n) is 10.1. The Hall–Kier alpha value is -1.70. The highest BCUT2D eigenvalue weighted by Crippen LogP contribution is 2.27. The van der Waals surface area contributed by atoms with Gasteiger partial charge in [0, 0.05) is 21.8 Å². The Balaban J connectivity index is 2.39. The molecule has 1 N–H and O–H groups in total. The number of aromatic nitrogens is 1. The molecule has 1 aromatic heterocycles. The molecule has 2 rings (SSSR count). The third-order valence-corrected chi connectivity index (χ3v) is 3.42. The summed E-state index contributed by atoms with van der Waals surface area (Å²) < 4.78 is 0.600. The SMILES string of the molecule is O=C(Nc1cc(Br)cnc1Cl)c1cc(Cl)ccc1[N+](=O)[O-]. The molecule has 0 unspecified atom stereocenters. The molecule has 0 aliphatic rings. The Kier molecular flexibility index (Phi) is 4.76. The number of amides is 1. The van der Waals surface area contributed by atoms with Gasteiger partial charge in [0.15, 0.2) is 5.15 Å². The first kappa shape index (κ1) is 15.7. The molecular weight excluding hydrogens is 385 g/mol. The lowest BCUT2D eigenvalue weighted by molar-refractivity contribution is -0.385. The average Bonchev–Trinajstić information content (AvgIpc) is 2.42. The molecule has 21 heavy (non-hydrogen) atoms. The van der Waals surface area contributed by atoms with Crippen LogP contribution < -0.4 is 5.32 Å². The van der Waals surface area contributed by atoms with Crippen LogP contribution >= 0.6 is 39.1 Å². The van der Waals surface area contributed by atoms with E-state index in [9.17, 15) is 14.9 Å². The normalized spacial score (nSPS) is 10.2. The minimum atomic E-state index is -0.703. The van der Waals surface area contributed by atoms with E-state index in [0.29, 0.717) is 4.47 Å². The van der Waals surface area contributed by atoms with Gasteiger partial charge in [-0.05, 0) is 34.1 Å². The van der Waals surface area contributed by atoms with Crippen molar-refractivity contribution in [3.63, 3.8) is 0 Å². The topological polar surface area (TPSA) is 85.1 Å². The van der Waals surface area contributed by atoms with Gasteiger partial charge in [0.05, 0.1) is 10.6 Å². The van der Waals surface area contributed by atoms with E-state index in [-0.39, 0.29) is 27.1 Å². The number of carbonyl (C=O) groups is 1. The third kappa shape index (κ3) is 3.69. The van der Waals surface area contributed by atoms with Crippen molar-refractivity contribution in [3.05, 3.63) is 60.8 Å². The van der Waals surface area contributed by atoms with Crippen molar-refractivity contribution >= 4 is 56.4 Å². The van der Waals surface area contributed by atoms with Gasteiger partial charge in [-0.1, -0.05) is 23.2 Å². The largest absolute Gasteiger partial charge is 0.319 e. The highest BCUT2D eigenvalue weighted by atomic mass is 79.9. The van der Waals surface area contributed by atoms with Crippen LogP contribution in [-0.2, 0) is 0 Å². The van der Waals surface area contributed by atoms with Crippen molar-refractivity contribution in [2.75, 3.05) is 5.32 Å². The van der Waals surface area contributed by atoms with Crippen molar-refractivity contribution in [3.8, 4) is 0 Å². The summed E-state index contributed by atoms with van der Waals surface area (Å²) >= 11 is 14.8. The summed E-state index contributed by atoms with van der Waals surface area (Å²) in [6, 6.07) is 5.25. The van der Waals surface area contributed by atoms with Crippen LogP contribution in [0.3, 0.4) is 0 Å². The Labute approximate surface area is 137 Å². The molecule has 0 aliphatic heterocycles. The first-order chi connectivity index (χ1) is 9.88. The second-order valence-corrected chi connectivity index (χ2v) is 5.57. The van der Waals surface area contributed by atoms with Gasteiger partial charge in [0.1, 0.15) is 5.56 Å². The summed E-state index contributed by atoms with van der Waals surface area (Å²) in [4.78, 5) is 26.3. The smallest absolute Gasteiger partial charge is 0.282 e. The number of nitro benzene ring substituents is 1. The first-order valence-electron chi connectivity index (χ1n) is 5.45. The second kappa shape index (κ2) is 6.38. The van der Waals surface area contributed by atoms with Crippen molar-refractivity contribution < 1.29 is 9.72 Å². The standard InChI is InChI=1S/C12H6BrCl2N3O3/c13-6-3-9(11(15)16-5-6)17-12(19)8-4-7(14)1-2-10(8)18(20)21/h1-5H,(H,17,19). The fourth-order valence-corrected chi connectivity index (χ4v) is 2.20. The van der Waals surface area contributed by atoms with Crippen molar-refractivity contribution in [1.82, 2.24) is 4.98 Å². The maximum Gasteiger partial charge on any atom is 0.282 e. The van der Waals surface area contributed by atoms with Crippen LogP contribution in [-0.4, -0.2) is 15.8 Å². The summed E-state index contributed by atoms with van der Waals surface area (Å²) in [5, 5.41) is 13.7. The summed E-state index contributed by atoms with van der Waals surface area (Å²) in [7, 11) is 0. The molecule has 1 amide bonds. The number of nitrogens with one attached hydrogen (secondary N) is 1. The van der Waals surface area contributed by atoms with E-state index in [4.69, 9.17) is 23.2 Å². The van der Waals surface area contributed by atoms with Crippen LogP contribution in [0.2, 0.25) is 10.2 Å². The van der Waals surface area contributed by atoms with Gasteiger partial charge in [-0.15, -0.1) is 0 Å². The molecule has 0 saturated carbocycles. The molecule has 0 radical (unpaired) electrons. The number of hydrogen-bond donors (Lipinski definition) is 1. The predicted octanol–water partition coefficient (Wildman–Crippen LogP) is 4.31. The summed E-state index contributed by atoms with van der Waals surface area (Å²) in [6.45, 7) is 0. The minimum Gasteiger partial charge on any atom is -0.319 e. The monoisotopic (exact) mass is 389 g/mol. The Morgan fingerprint density at radius 2 is 2.05 bits per heavy atom. The van der Waals surface area contributed by atoms with Gasteiger partial charge >= 0.3 is 0 Å². The maximum absolute atomic E-state index is 12.2. The first-order valence-corrected chi connectivity index (χ1v) is 6.99. The molecule has 9 heteroatoms. The van der Waals surface area contributed by atoms with E-state index in [2.05, 4.69) is 26.2 Å². The van der Waals surface area contributed by atoms with Gasteiger partial charge in [-0.3, -0.25) is 14.9 Å². The number of pyridine rings is 1. The molecular formula is C12H6BrCl2N3O3. The van der Waals surface area contributed by atoms with Gasteiger partial charge in [0.25, 0.3) is 11.6 Å². The van der Waals surface area contributed by atoms with Crippen LogP contribution in [0.25, 0.3) is 0 Å². The molecule has 6 nitrogen and oxygen atoms in total. The Morgan fingerprint density at radius 3 is 2.71 bits per heavy atom.